The van der Waals surface area contributed by atoms with Crippen LogP contribution in [-0.2, 0) is 47.6 Å². The van der Waals surface area contributed by atoms with E-state index >= 15 is 0 Å². The Morgan fingerprint density at radius 2 is 1.41 bits per heavy atom. The van der Waals surface area contributed by atoms with Crippen LogP contribution < -0.4 is 0 Å². The standard InChI is InChI=1S/C19H28O10/c1-6-7-8-9-24-19-18(28-14(5)23)17(27-13(4)22)16(26-12(3)21)15(29-19)10-25-11(2)20/h6,15-19H,1,7-10H2,2-5H3/t15?,16-,17?,18?,19-/m1/s1. The lowest BCUT2D eigenvalue weighted by Crippen LogP contribution is -2.63. The molecule has 0 aromatic heterocycles. The van der Waals surface area contributed by atoms with E-state index in [0.29, 0.717) is 12.8 Å². The van der Waals surface area contributed by atoms with Crippen molar-refractivity contribution in [2.45, 2.75) is 71.2 Å². The second kappa shape index (κ2) is 12.2. The van der Waals surface area contributed by atoms with Gasteiger partial charge in [-0.3, -0.25) is 19.2 Å². The summed E-state index contributed by atoms with van der Waals surface area (Å²) < 4.78 is 32.3. The smallest absolute Gasteiger partial charge is 0.303 e. The highest BCUT2D eigenvalue weighted by atomic mass is 16.7. The lowest BCUT2D eigenvalue weighted by atomic mass is 9.98. The molecule has 5 atom stereocenters. The summed E-state index contributed by atoms with van der Waals surface area (Å²) in [5.41, 5.74) is 0. The number of carbonyl (C=O) groups is 4. The van der Waals surface area contributed by atoms with Crippen molar-refractivity contribution >= 4 is 23.9 Å². The SMILES string of the molecule is C=CCCCO[C@@H]1OC(COC(C)=O)[C@@H](OC(C)=O)C(OC(C)=O)C1OC(C)=O. The Hall–Kier alpha value is -2.46. The molecule has 1 aliphatic rings. The fourth-order valence-electron chi connectivity index (χ4n) is 2.75. The van der Waals surface area contributed by atoms with Crippen molar-refractivity contribution in [2.24, 2.45) is 0 Å². The zero-order valence-corrected chi connectivity index (χ0v) is 17.1. The van der Waals surface area contributed by atoms with E-state index in [4.69, 9.17) is 28.4 Å². The molecule has 0 saturated carbocycles. The molecule has 0 bridgehead atoms. The molecule has 164 valence electrons. The number of unbranched alkanes of at least 4 members (excludes halogenated alkanes) is 1. The topological polar surface area (TPSA) is 124 Å². The van der Waals surface area contributed by atoms with Gasteiger partial charge >= 0.3 is 23.9 Å². The van der Waals surface area contributed by atoms with Crippen molar-refractivity contribution in [1.82, 2.24) is 0 Å². The second-order valence-electron chi connectivity index (χ2n) is 6.37. The normalized spacial score (nSPS) is 26.1. The molecule has 0 amide bonds. The fraction of sp³-hybridized carbons (Fsp3) is 0.684. The van der Waals surface area contributed by atoms with Gasteiger partial charge in [-0.25, -0.2) is 0 Å². The van der Waals surface area contributed by atoms with Crippen LogP contribution in [0.1, 0.15) is 40.5 Å². The van der Waals surface area contributed by atoms with Crippen molar-refractivity contribution in [1.29, 1.82) is 0 Å². The van der Waals surface area contributed by atoms with Crippen LogP contribution in [0, 0.1) is 0 Å². The summed E-state index contributed by atoms with van der Waals surface area (Å²) in [6, 6.07) is 0. The highest BCUT2D eigenvalue weighted by molar-refractivity contribution is 5.68. The van der Waals surface area contributed by atoms with Gasteiger partial charge < -0.3 is 28.4 Å². The summed E-state index contributed by atoms with van der Waals surface area (Å²) in [5, 5.41) is 0. The molecule has 0 aromatic rings. The molecule has 1 fully saturated rings. The van der Waals surface area contributed by atoms with E-state index in [-0.39, 0.29) is 13.2 Å². The average Bonchev–Trinajstić information content (AvgIpc) is 2.60. The van der Waals surface area contributed by atoms with Gasteiger partial charge in [-0.15, -0.1) is 6.58 Å². The van der Waals surface area contributed by atoms with Crippen LogP contribution in [-0.4, -0.2) is 67.8 Å². The van der Waals surface area contributed by atoms with Crippen molar-refractivity contribution < 1.29 is 47.6 Å². The largest absolute Gasteiger partial charge is 0.463 e. The van der Waals surface area contributed by atoms with Crippen LogP contribution in [0.4, 0.5) is 0 Å². The molecule has 29 heavy (non-hydrogen) atoms. The molecule has 10 nitrogen and oxygen atoms in total. The van der Waals surface area contributed by atoms with Gasteiger partial charge in [0.15, 0.2) is 24.6 Å². The maximum atomic E-state index is 11.7. The summed E-state index contributed by atoms with van der Waals surface area (Å²) in [4.78, 5) is 46.1. The quantitative estimate of drug-likeness (QED) is 0.221. The first-order valence-electron chi connectivity index (χ1n) is 9.18. The number of carbonyl (C=O) groups excluding carboxylic acids is 4. The van der Waals surface area contributed by atoms with E-state index in [2.05, 4.69) is 6.58 Å². The second-order valence-corrected chi connectivity index (χ2v) is 6.37. The van der Waals surface area contributed by atoms with Crippen molar-refractivity contribution in [2.75, 3.05) is 13.2 Å². The van der Waals surface area contributed by atoms with Gasteiger partial charge in [0.2, 0.25) is 0 Å². The third-order valence-corrected chi connectivity index (χ3v) is 3.78. The molecule has 0 N–H and O–H groups in total. The molecule has 1 saturated heterocycles. The molecule has 1 heterocycles. The highest BCUT2D eigenvalue weighted by Crippen LogP contribution is 2.30. The minimum atomic E-state index is -1.22. The number of hydrogen-bond donors (Lipinski definition) is 0. The Bertz CT molecular complexity index is 602. The Morgan fingerprint density at radius 1 is 0.862 bits per heavy atom. The Kier molecular flexibility index (Phi) is 10.3. The van der Waals surface area contributed by atoms with E-state index in [1.165, 1.54) is 13.8 Å². The highest BCUT2D eigenvalue weighted by Gasteiger charge is 2.52. The molecule has 1 aliphatic heterocycles. The molecule has 10 heteroatoms. The van der Waals surface area contributed by atoms with Gasteiger partial charge in [0, 0.05) is 27.7 Å². The number of ether oxygens (including phenoxy) is 6. The summed E-state index contributed by atoms with van der Waals surface area (Å²) in [5.74, 6) is -2.63. The van der Waals surface area contributed by atoms with Gasteiger partial charge in [0.25, 0.3) is 0 Å². The van der Waals surface area contributed by atoms with Gasteiger partial charge in [-0.2, -0.15) is 0 Å². The van der Waals surface area contributed by atoms with Crippen LogP contribution in [0.3, 0.4) is 0 Å². The van der Waals surface area contributed by atoms with E-state index in [0.717, 1.165) is 13.8 Å². The molecular formula is C19H28O10. The van der Waals surface area contributed by atoms with Gasteiger partial charge in [0.1, 0.15) is 12.7 Å². The summed E-state index contributed by atoms with van der Waals surface area (Å²) in [6.07, 6.45) is -2.73. The van der Waals surface area contributed by atoms with Crippen molar-refractivity contribution in [3.63, 3.8) is 0 Å². The van der Waals surface area contributed by atoms with Crippen LogP contribution >= 0.6 is 0 Å². The number of allylic oxidation sites excluding steroid dienone is 1. The summed E-state index contributed by atoms with van der Waals surface area (Å²) in [7, 11) is 0. The number of esters is 4. The monoisotopic (exact) mass is 416 g/mol. The minimum Gasteiger partial charge on any atom is -0.463 e. The van der Waals surface area contributed by atoms with Gasteiger partial charge in [0.05, 0.1) is 6.61 Å². The predicted octanol–water partition coefficient (Wildman–Crippen LogP) is 1.05. The van der Waals surface area contributed by atoms with Crippen LogP contribution in [0.25, 0.3) is 0 Å². The first-order chi connectivity index (χ1) is 13.6. The van der Waals surface area contributed by atoms with Crippen LogP contribution in [0.2, 0.25) is 0 Å². The minimum absolute atomic E-state index is 0.236. The van der Waals surface area contributed by atoms with Gasteiger partial charge in [-0.05, 0) is 12.8 Å². The zero-order chi connectivity index (χ0) is 22.0. The third kappa shape index (κ3) is 8.61. The number of rotatable bonds is 10. The Labute approximate surface area is 169 Å². The number of hydrogen-bond acceptors (Lipinski definition) is 10. The van der Waals surface area contributed by atoms with E-state index in [1.54, 1.807) is 6.08 Å². The maximum absolute atomic E-state index is 11.7. The van der Waals surface area contributed by atoms with Crippen molar-refractivity contribution in [3.8, 4) is 0 Å². The summed E-state index contributed by atoms with van der Waals surface area (Å²) >= 11 is 0. The van der Waals surface area contributed by atoms with Crippen LogP contribution in [0.15, 0.2) is 12.7 Å². The van der Waals surface area contributed by atoms with Gasteiger partial charge in [-0.1, -0.05) is 6.08 Å². The Balaban J connectivity index is 3.19. The first-order valence-corrected chi connectivity index (χ1v) is 9.18. The molecule has 0 spiro atoms. The third-order valence-electron chi connectivity index (χ3n) is 3.78. The maximum Gasteiger partial charge on any atom is 0.303 e. The predicted molar refractivity (Wildman–Crippen MR) is 97.3 cm³/mol. The van der Waals surface area contributed by atoms with Crippen molar-refractivity contribution in [3.05, 3.63) is 12.7 Å². The van der Waals surface area contributed by atoms with Crippen LogP contribution in [0.5, 0.6) is 0 Å². The zero-order valence-electron chi connectivity index (χ0n) is 17.1. The van der Waals surface area contributed by atoms with E-state index < -0.39 is 54.6 Å². The molecule has 0 aromatic carbocycles. The molecular weight excluding hydrogens is 388 g/mol. The summed E-state index contributed by atoms with van der Waals surface area (Å²) in [6.45, 7) is 8.27. The molecule has 0 radical (unpaired) electrons. The average molecular weight is 416 g/mol. The van der Waals surface area contributed by atoms with E-state index in [9.17, 15) is 19.2 Å². The Morgan fingerprint density at radius 3 is 1.93 bits per heavy atom. The fourth-order valence-corrected chi connectivity index (χ4v) is 2.75. The lowest BCUT2D eigenvalue weighted by molar-refractivity contribution is -0.308. The molecule has 3 unspecified atom stereocenters. The molecule has 0 aliphatic carbocycles. The first kappa shape index (κ1) is 24.6. The molecule has 1 rings (SSSR count). The van der Waals surface area contributed by atoms with E-state index in [1.807, 2.05) is 0 Å². The lowest BCUT2D eigenvalue weighted by Gasteiger charge is -2.44.